The maximum atomic E-state index is 12.2. The van der Waals surface area contributed by atoms with Crippen molar-refractivity contribution in [2.75, 3.05) is 14.2 Å². The quantitative estimate of drug-likeness (QED) is 0.566. The molecular weight excluding hydrogens is 344 g/mol. The number of allylic oxidation sites excluding steroid dienone is 1. The highest BCUT2D eigenvalue weighted by molar-refractivity contribution is 5.95. The fourth-order valence-electron chi connectivity index (χ4n) is 2.31. The van der Waals surface area contributed by atoms with Crippen LogP contribution in [0.4, 0.5) is 0 Å². The number of benzene rings is 2. The first-order chi connectivity index (χ1) is 13.0. The Balaban J connectivity index is 1.98. The molecule has 2 rings (SSSR count). The number of para-hydroxylation sites is 1. The van der Waals surface area contributed by atoms with Crippen molar-refractivity contribution in [3.63, 3.8) is 0 Å². The summed E-state index contributed by atoms with van der Waals surface area (Å²) in [6, 6.07) is 12.6. The second-order valence-electron chi connectivity index (χ2n) is 5.85. The molecule has 0 bridgehead atoms. The van der Waals surface area contributed by atoms with Crippen molar-refractivity contribution in [3.8, 4) is 17.2 Å². The van der Waals surface area contributed by atoms with Gasteiger partial charge in [-0.15, -0.1) is 0 Å². The summed E-state index contributed by atoms with van der Waals surface area (Å²) in [6.07, 6.45) is 5.07. The van der Waals surface area contributed by atoms with Crippen LogP contribution in [0.2, 0.25) is 0 Å². The number of nitrogens with one attached hydrogen (secondary N) is 1. The summed E-state index contributed by atoms with van der Waals surface area (Å²) < 4.78 is 16.2. The molecule has 0 saturated carbocycles. The van der Waals surface area contributed by atoms with Crippen molar-refractivity contribution in [1.29, 1.82) is 0 Å². The Morgan fingerprint density at radius 2 is 1.78 bits per heavy atom. The SMILES string of the molecule is COc1ccccc1/C=C/C=N\NC(=O)c1ccc(OC(C)C)c(OC)c1. The van der Waals surface area contributed by atoms with Crippen LogP contribution in [0.3, 0.4) is 0 Å². The van der Waals surface area contributed by atoms with Crippen LogP contribution in [-0.2, 0) is 0 Å². The van der Waals surface area contributed by atoms with Crippen molar-refractivity contribution in [3.05, 3.63) is 59.7 Å². The van der Waals surface area contributed by atoms with Crippen molar-refractivity contribution >= 4 is 18.2 Å². The Morgan fingerprint density at radius 1 is 1.04 bits per heavy atom. The number of amides is 1. The molecule has 0 heterocycles. The smallest absolute Gasteiger partial charge is 0.271 e. The first-order valence-electron chi connectivity index (χ1n) is 8.53. The summed E-state index contributed by atoms with van der Waals surface area (Å²) in [7, 11) is 3.15. The molecule has 142 valence electrons. The molecule has 0 saturated heterocycles. The molecule has 6 nitrogen and oxygen atoms in total. The van der Waals surface area contributed by atoms with E-state index in [0.717, 1.165) is 11.3 Å². The van der Waals surface area contributed by atoms with Gasteiger partial charge in [0.2, 0.25) is 0 Å². The second kappa shape index (κ2) is 10.0. The van der Waals surface area contributed by atoms with Gasteiger partial charge in [0.05, 0.1) is 20.3 Å². The van der Waals surface area contributed by atoms with Crippen LogP contribution in [0.25, 0.3) is 6.08 Å². The molecule has 0 aliphatic rings. The van der Waals surface area contributed by atoms with Crippen molar-refractivity contribution < 1.29 is 19.0 Å². The average molecular weight is 368 g/mol. The van der Waals surface area contributed by atoms with Crippen molar-refractivity contribution in [2.24, 2.45) is 5.10 Å². The molecule has 27 heavy (non-hydrogen) atoms. The van der Waals surface area contributed by atoms with Crippen LogP contribution < -0.4 is 19.6 Å². The van der Waals surface area contributed by atoms with Gasteiger partial charge in [0.15, 0.2) is 11.5 Å². The summed E-state index contributed by atoms with van der Waals surface area (Å²) in [5.41, 5.74) is 3.82. The predicted molar refractivity (Wildman–Crippen MR) is 107 cm³/mol. The number of methoxy groups -OCH3 is 2. The van der Waals surface area contributed by atoms with Crippen LogP contribution in [0.5, 0.6) is 17.2 Å². The minimum Gasteiger partial charge on any atom is -0.496 e. The lowest BCUT2D eigenvalue weighted by Gasteiger charge is -2.14. The van der Waals surface area contributed by atoms with Gasteiger partial charge in [-0.25, -0.2) is 5.43 Å². The maximum absolute atomic E-state index is 12.2. The Morgan fingerprint density at radius 3 is 2.48 bits per heavy atom. The van der Waals surface area contributed by atoms with E-state index in [1.54, 1.807) is 31.4 Å². The van der Waals surface area contributed by atoms with Crippen LogP contribution >= 0.6 is 0 Å². The Kier molecular flexibility index (Phi) is 7.43. The lowest BCUT2D eigenvalue weighted by molar-refractivity contribution is 0.0954. The summed E-state index contributed by atoms with van der Waals surface area (Å²) in [4.78, 5) is 12.2. The molecule has 0 radical (unpaired) electrons. The van der Waals surface area contributed by atoms with Crippen LogP contribution in [0.1, 0.15) is 29.8 Å². The molecule has 2 aromatic carbocycles. The predicted octanol–water partition coefficient (Wildman–Crippen LogP) is 3.92. The number of hydrogen-bond acceptors (Lipinski definition) is 5. The lowest BCUT2D eigenvalue weighted by atomic mass is 10.2. The lowest BCUT2D eigenvalue weighted by Crippen LogP contribution is -2.17. The van der Waals surface area contributed by atoms with E-state index in [9.17, 15) is 4.79 Å². The number of hydrazone groups is 1. The third-order valence-electron chi connectivity index (χ3n) is 3.53. The standard InChI is InChI=1S/C21H24N2O4/c1-15(2)27-19-12-11-17(14-20(19)26-4)21(24)23-22-13-7-9-16-8-5-6-10-18(16)25-3/h5-15H,1-4H3,(H,23,24)/b9-7+,22-13-. The van der Waals surface area contributed by atoms with Crippen LogP contribution in [0.15, 0.2) is 53.6 Å². The van der Waals surface area contributed by atoms with E-state index in [1.165, 1.54) is 13.3 Å². The Labute approximate surface area is 159 Å². The number of carbonyl (C=O) groups excluding carboxylic acids is 1. The average Bonchev–Trinajstić information content (AvgIpc) is 2.67. The minimum atomic E-state index is -0.341. The van der Waals surface area contributed by atoms with E-state index in [0.29, 0.717) is 17.1 Å². The van der Waals surface area contributed by atoms with Gasteiger partial charge in [0.25, 0.3) is 5.91 Å². The molecule has 0 atom stereocenters. The molecule has 0 spiro atoms. The number of rotatable bonds is 8. The van der Waals surface area contributed by atoms with Gasteiger partial charge in [-0.05, 0) is 50.3 Å². The summed E-state index contributed by atoms with van der Waals surface area (Å²) in [5, 5.41) is 3.92. The van der Waals surface area contributed by atoms with E-state index >= 15 is 0 Å². The van der Waals surface area contributed by atoms with Gasteiger partial charge in [0, 0.05) is 17.3 Å². The molecule has 0 fully saturated rings. The largest absolute Gasteiger partial charge is 0.496 e. The first-order valence-corrected chi connectivity index (χ1v) is 8.53. The highest BCUT2D eigenvalue weighted by Gasteiger charge is 2.11. The highest BCUT2D eigenvalue weighted by Crippen LogP contribution is 2.28. The third-order valence-corrected chi connectivity index (χ3v) is 3.53. The first kappa shape index (κ1) is 20.0. The zero-order chi connectivity index (χ0) is 19.6. The normalized spacial score (nSPS) is 11.1. The fourth-order valence-corrected chi connectivity index (χ4v) is 2.31. The molecule has 1 N–H and O–H groups in total. The van der Waals surface area contributed by atoms with Crippen molar-refractivity contribution in [1.82, 2.24) is 5.43 Å². The van der Waals surface area contributed by atoms with E-state index in [4.69, 9.17) is 14.2 Å². The molecule has 0 aliphatic heterocycles. The zero-order valence-electron chi connectivity index (χ0n) is 15.9. The highest BCUT2D eigenvalue weighted by atomic mass is 16.5. The topological polar surface area (TPSA) is 69.2 Å². The van der Waals surface area contributed by atoms with Crippen molar-refractivity contribution in [2.45, 2.75) is 20.0 Å². The number of carbonyl (C=O) groups is 1. The minimum absolute atomic E-state index is 0.0122. The monoisotopic (exact) mass is 368 g/mol. The van der Waals surface area contributed by atoms with E-state index in [-0.39, 0.29) is 12.0 Å². The van der Waals surface area contributed by atoms with Gasteiger partial charge in [-0.3, -0.25) is 4.79 Å². The summed E-state index contributed by atoms with van der Waals surface area (Å²) in [6.45, 7) is 3.85. The van der Waals surface area contributed by atoms with Gasteiger partial charge < -0.3 is 14.2 Å². The van der Waals surface area contributed by atoms with Gasteiger partial charge in [-0.1, -0.05) is 18.2 Å². The second-order valence-corrected chi connectivity index (χ2v) is 5.85. The molecule has 1 amide bonds. The Bertz CT molecular complexity index is 829. The molecular formula is C21H24N2O4. The molecule has 0 aromatic heterocycles. The van der Waals surface area contributed by atoms with E-state index in [1.807, 2.05) is 44.2 Å². The number of hydrogen-bond donors (Lipinski definition) is 1. The maximum Gasteiger partial charge on any atom is 0.271 e. The van der Waals surface area contributed by atoms with Crippen LogP contribution in [-0.4, -0.2) is 32.4 Å². The van der Waals surface area contributed by atoms with E-state index < -0.39 is 0 Å². The van der Waals surface area contributed by atoms with E-state index in [2.05, 4.69) is 10.5 Å². The Hall–Kier alpha value is -3.28. The van der Waals surface area contributed by atoms with Gasteiger partial charge >= 0.3 is 0 Å². The molecule has 0 aliphatic carbocycles. The molecule has 0 unspecified atom stereocenters. The molecule has 6 heteroatoms. The number of ether oxygens (including phenoxy) is 3. The van der Waals surface area contributed by atoms with Crippen LogP contribution in [0, 0.1) is 0 Å². The number of nitrogens with zero attached hydrogens (tertiary/aromatic N) is 1. The summed E-state index contributed by atoms with van der Waals surface area (Å²) in [5.74, 6) is 1.51. The summed E-state index contributed by atoms with van der Waals surface area (Å²) >= 11 is 0. The fraction of sp³-hybridized carbons (Fsp3) is 0.238. The van der Waals surface area contributed by atoms with Gasteiger partial charge in [0.1, 0.15) is 5.75 Å². The zero-order valence-corrected chi connectivity index (χ0v) is 15.9. The molecule has 2 aromatic rings. The van der Waals surface area contributed by atoms with Gasteiger partial charge in [-0.2, -0.15) is 5.10 Å². The third kappa shape index (κ3) is 5.88.